The number of benzene rings is 1. The molecule has 2 unspecified atom stereocenters. The number of amides is 2. The summed E-state index contributed by atoms with van der Waals surface area (Å²) in [7, 11) is 1.65. The molecular formula is C16H26N2O3. The molecule has 0 aromatic heterocycles. The van der Waals surface area contributed by atoms with Crippen molar-refractivity contribution in [3.05, 3.63) is 35.4 Å². The van der Waals surface area contributed by atoms with E-state index in [1.54, 1.807) is 7.11 Å². The van der Waals surface area contributed by atoms with Gasteiger partial charge in [0.25, 0.3) is 0 Å². The average molecular weight is 294 g/mol. The van der Waals surface area contributed by atoms with E-state index in [0.29, 0.717) is 13.2 Å². The Balaban J connectivity index is 2.34. The molecule has 0 aliphatic rings. The number of carbonyl (C=O) groups is 1. The van der Waals surface area contributed by atoms with Crippen LogP contribution in [0.4, 0.5) is 4.79 Å². The van der Waals surface area contributed by atoms with Gasteiger partial charge in [-0.05, 0) is 17.0 Å². The first kappa shape index (κ1) is 17.5. The quantitative estimate of drug-likeness (QED) is 0.687. The van der Waals surface area contributed by atoms with E-state index < -0.39 is 6.10 Å². The number of rotatable bonds is 8. The molecule has 0 fully saturated rings. The molecule has 0 aliphatic heterocycles. The predicted molar refractivity (Wildman–Crippen MR) is 82.9 cm³/mol. The summed E-state index contributed by atoms with van der Waals surface area (Å²) >= 11 is 0. The number of aliphatic hydroxyl groups excluding tert-OH is 1. The lowest BCUT2D eigenvalue weighted by molar-refractivity contribution is 0.114. The van der Waals surface area contributed by atoms with Gasteiger partial charge in [0.1, 0.15) is 0 Å². The third-order valence-electron chi connectivity index (χ3n) is 3.53. The monoisotopic (exact) mass is 294 g/mol. The summed E-state index contributed by atoms with van der Waals surface area (Å²) in [5.74, 6) is 0.177. The number of urea groups is 1. The van der Waals surface area contributed by atoms with E-state index in [-0.39, 0.29) is 18.5 Å². The summed E-state index contributed by atoms with van der Waals surface area (Å²) in [6.45, 7) is 5.25. The molecule has 3 N–H and O–H groups in total. The second-order valence-electron chi connectivity index (χ2n) is 5.27. The summed E-state index contributed by atoms with van der Waals surface area (Å²) < 4.78 is 5.08. The van der Waals surface area contributed by atoms with Gasteiger partial charge in [0, 0.05) is 20.2 Å². The molecule has 2 atom stereocenters. The van der Waals surface area contributed by atoms with Crippen molar-refractivity contribution in [3.8, 4) is 0 Å². The van der Waals surface area contributed by atoms with Gasteiger partial charge in [-0.15, -0.1) is 0 Å². The van der Waals surface area contributed by atoms with Crippen LogP contribution < -0.4 is 10.6 Å². The maximum Gasteiger partial charge on any atom is 0.315 e. The molecule has 0 aliphatic carbocycles. The SMILES string of the molecule is CCC(C)C(O)CNC(=O)NCc1cccc(COC)c1. The second-order valence-corrected chi connectivity index (χ2v) is 5.27. The average Bonchev–Trinajstić information content (AvgIpc) is 2.50. The lowest BCUT2D eigenvalue weighted by Gasteiger charge is -2.17. The van der Waals surface area contributed by atoms with Crippen molar-refractivity contribution in [2.24, 2.45) is 5.92 Å². The molecule has 0 heterocycles. The lowest BCUT2D eigenvalue weighted by Crippen LogP contribution is -2.41. The Bertz CT molecular complexity index is 437. The first-order valence-corrected chi connectivity index (χ1v) is 7.33. The standard InChI is InChI=1S/C16H26N2O3/c1-4-12(2)15(19)10-18-16(20)17-9-13-6-5-7-14(8-13)11-21-3/h5-8,12,15,19H,4,9-11H2,1-3H3,(H2,17,18,20). The number of aliphatic hydroxyl groups is 1. The summed E-state index contributed by atoms with van der Waals surface area (Å²) in [6.07, 6.45) is 0.377. The number of carbonyl (C=O) groups excluding carboxylic acids is 1. The number of hydrogen-bond donors (Lipinski definition) is 3. The van der Waals surface area contributed by atoms with Gasteiger partial charge < -0.3 is 20.5 Å². The minimum Gasteiger partial charge on any atom is -0.391 e. The predicted octanol–water partition coefficient (Wildman–Crippen LogP) is 2.04. The maximum absolute atomic E-state index is 11.7. The van der Waals surface area contributed by atoms with Crippen LogP contribution >= 0.6 is 0 Å². The lowest BCUT2D eigenvalue weighted by atomic mass is 10.0. The van der Waals surface area contributed by atoms with Crippen LogP contribution in [-0.2, 0) is 17.9 Å². The summed E-state index contributed by atoms with van der Waals surface area (Å²) in [6, 6.07) is 7.60. The Hall–Kier alpha value is -1.59. The highest BCUT2D eigenvalue weighted by Gasteiger charge is 2.12. The normalized spacial score (nSPS) is 13.5. The fraction of sp³-hybridized carbons (Fsp3) is 0.562. The molecule has 21 heavy (non-hydrogen) atoms. The molecule has 0 radical (unpaired) electrons. The maximum atomic E-state index is 11.7. The van der Waals surface area contributed by atoms with Gasteiger partial charge in [-0.2, -0.15) is 0 Å². The van der Waals surface area contributed by atoms with Crippen LogP contribution in [0.25, 0.3) is 0 Å². The Morgan fingerprint density at radius 2 is 2.05 bits per heavy atom. The Morgan fingerprint density at radius 3 is 2.71 bits per heavy atom. The fourth-order valence-electron chi connectivity index (χ4n) is 1.91. The zero-order chi connectivity index (χ0) is 15.7. The van der Waals surface area contributed by atoms with Gasteiger partial charge in [-0.25, -0.2) is 4.79 Å². The summed E-state index contributed by atoms with van der Waals surface area (Å²) in [5, 5.41) is 15.3. The third kappa shape index (κ3) is 6.60. The van der Waals surface area contributed by atoms with Crippen LogP contribution in [-0.4, -0.2) is 30.9 Å². The van der Waals surface area contributed by atoms with Gasteiger partial charge in [-0.1, -0.05) is 44.5 Å². The van der Waals surface area contributed by atoms with Crippen LogP contribution in [0.5, 0.6) is 0 Å². The zero-order valence-electron chi connectivity index (χ0n) is 13.1. The topological polar surface area (TPSA) is 70.6 Å². The molecule has 5 nitrogen and oxygen atoms in total. The van der Waals surface area contributed by atoms with E-state index in [4.69, 9.17) is 4.74 Å². The van der Waals surface area contributed by atoms with Gasteiger partial charge in [-0.3, -0.25) is 0 Å². The molecule has 0 saturated carbocycles. The van der Waals surface area contributed by atoms with Crippen molar-refractivity contribution < 1.29 is 14.6 Å². The van der Waals surface area contributed by atoms with E-state index in [1.807, 2.05) is 38.1 Å². The van der Waals surface area contributed by atoms with Crippen LogP contribution in [0.15, 0.2) is 24.3 Å². The first-order chi connectivity index (χ1) is 10.1. The van der Waals surface area contributed by atoms with E-state index in [1.165, 1.54) is 0 Å². The number of nitrogens with one attached hydrogen (secondary N) is 2. The molecule has 1 aromatic rings. The smallest absolute Gasteiger partial charge is 0.315 e. The molecule has 1 rings (SSSR count). The highest BCUT2D eigenvalue weighted by Crippen LogP contribution is 2.07. The minimum atomic E-state index is -0.509. The van der Waals surface area contributed by atoms with Crippen molar-refractivity contribution in [2.45, 2.75) is 39.5 Å². The molecule has 5 heteroatoms. The van der Waals surface area contributed by atoms with Gasteiger partial charge in [0.15, 0.2) is 0 Å². The van der Waals surface area contributed by atoms with Crippen molar-refractivity contribution in [2.75, 3.05) is 13.7 Å². The van der Waals surface area contributed by atoms with E-state index in [2.05, 4.69) is 10.6 Å². The molecule has 118 valence electrons. The van der Waals surface area contributed by atoms with Gasteiger partial charge >= 0.3 is 6.03 Å². The summed E-state index contributed by atoms with van der Waals surface area (Å²) in [5.41, 5.74) is 2.09. The highest BCUT2D eigenvalue weighted by atomic mass is 16.5. The molecule has 0 spiro atoms. The number of hydrogen-bond acceptors (Lipinski definition) is 3. The van der Waals surface area contributed by atoms with E-state index in [0.717, 1.165) is 17.5 Å². The van der Waals surface area contributed by atoms with Crippen LogP contribution in [0.2, 0.25) is 0 Å². The number of methoxy groups -OCH3 is 1. The fourth-order valence-corrected chi connectivity index (χ4v) is 1.91. The van der Waals surface area contributed by atoms with E-state index >= 15 is 0 Å². The molecule has 1 aromatic carbocycles. The molecule has 2 amide bonds. The summed E-state index contributed by atoms with van der Waals surface area (Å²) in [4.78, 5) is 11.7. The largest absolute Gasteiger partial charge is 0.391 e. The molecule has 0 bridgehead atoms. The van der Waals surface area contributed by atoms with Crippen molar-refractivity contribution in [3.63, 3.8) is 0 Å². The molecular weight excluding hydrogens is 268 g/mol. The highest BCUT2D eigenvalue weighted by molar-refractivity contribution is 5.73. The zero-order valence-corrected chi connectivity index (χ0v) is 13.1. The van der Waals surface area contributed by atoms with Gasteiger partial charge in [0.05, 0.1) is 12.7 Å². The van der Waals surface area contributed by atoms with Crippen LogP contribution in [0.1, 0.15) is 31.4 Å². The van der Waals surface area contributed by atoms with Crippen molar-refractivity contribution in [1.29, 1.82) is 0 Å². The van der Waals surface area contributed by atoms with Crippen molar-refractivity contribution >= 4 is 6.03 Å². The second kappa shape index (κ2) is 9.37. The van der Waals surface area contributed by atoms with Crippen molar-refractivity contribution in [1.82, 2.24) is 10.6 Å². The van der Waals surface area contributed by atoms with E-state index in [9.17, 15) is 9.90 Å². The minimum absolute atomic E-state index is 0.177. The number of ether oxygens (including phenoxy) is 1. The third-order valence-corrected chi connectivity index (χ3v) is 3.53. The Kier molecular flexibility index (Phi) is 7.79. The Morgan fingerprint density at radius 1 is 1.33 bits per heavy atom. The Labute approximate surface area is 126 Å². The first-order valence-electron chi connectivity index (χ1n) is 7.33. The van der Waals surface area contributed by atoms with Gasteiger partial charge in [0.2, 0.25) is 0 Å². The molecule has 0 saturated heterocycles. The van der Waals surface area contributed by atoms with Crippen LogP contribution in [0.3, 0.4) is 0 Å². The van der Waals surface area contributed by atoms with Crippen LogP contribution in [0, 0.1) is 5.92 Å².